The largest absolute Gasteiger partial charge is 0.325 e. The summed E-state index contributed by atoms with van der Waals surface area (Å²) >= 11 is 11.2. The number of rotatable bonds is 6. The average molecular weight is 419 g/mol. The highest BCUT2D eigenvalue weighted by Gasteiger charge is 2.34. The summed E-state index contributed by atoms with van der Waals surface area (Å²) in [6, 6.07) is 9.41. The van der Waals surface area contributed by atoms with Crippen LogP contribution in [0.2, 0.25) is 0 Å². The summed E-state index contributed by atoms with van der Waals surface area (Å²) in [5.74, 6) is -1.32. The Labute approximate surface area is 171 Å². The lowest BCUT2D eigenvalue weighted by molar-refractivity contribution is -0.116. The highest BCUT2D eigenvalue weighted by Crippen LogP contribution is 2.36. The molecule has 28 heavy (non-hydrogen) atoms. The minimum absolute atomic E-state index is 0.0512. The topological polar surface area (TPSA) is 92.3 Å². The first-order valence-corrected chi connectivity index (χ1v) is 9.62. The van der Waals surface area contributed by atoms with E-state index < -0.39 is 11.6 Å². The molecule has 1 aliphatic carbocycles. The second kappa shape index (κ2) is 8.54. The van der Waals surface area contributed by atoms with Crippen molar-refractivity contribution in [2.45, 2.75) is 12.8 Å². The van der Waals surface area contributed by atoms with Crippen molar-refractivity contribution in [3.63, 3.8) is 0 Å². The first-order chi connectivity index (χ1) is 13.5. The molecule has 0 saturated carbocycles. The summed E-state index contributed by atoms with van der Waals surface area (Å²) in [5.41, 5.74) is 1.00. The maximum atomic E-state index is 13.1. The van der Waals surface area contributed by atoms with E-state index in [-0.39, 0.29) is 70.0 Å². The molecule has 0 fully saturated rings. The molecule has 0 bridgehead atoms. The van der Waals surface area contributed by atoms with Crippen molar-refractivity contribution < 1.29 is 19.2 Å². The molecule has 144 valence electrons. The first-order valence-electron chi connectivity index (χ1n) is 8.55. The minimum Gasteiger partial charge on any atom is -0.325 e. The molecule has 0 aromatic heterocycles. The van der Waals surface area contributed by atoms with Crippen LogP contribution in [0.3, 0.4) is 0 Å². The fraction of sp³-hybridized carbons (Fsp3) is 0.200. The van der Waals surface area contributed by atoms with Gasteiger partial charge in [-0.15, -0.1) is 23.2 Å². The lowest BCUT2D eigenvalue weighted by atomic mass is 9.82. The van der Waals surface area contributed by atoms with Crippen LogP contribution < -0.4 is 10.6 Å². The fourth-order valence-electron chi connectivity index (χ4n) is 3.03. The van der Waals surface area contributed by atoms with Crippen molar-refractivity contribution in [1.29, 1.82) is 0 Å². The molecule has 2 N–H and O–H groups in total. The molecule has 0 saturated heterocycles. The van der Waals surface area contributed by atoms with Crippen molar-refractivity contribution in [2.24, 2.45) is 0 Å². The molecule has 2 aromatic rings. The monoisotopic (exact) mass is 418 g/mol. The second-order valence-corrected chi connectivity index (χ2v) is 6.84. The van der Waals surface area contributed by atoms with Crippen molar-refractivity contribution in [3.05, 3.63) is 58.7 Å². The van der Waals surface area contributed by atoms with Gasteiger partial charge < -0.3 is 10.6 Å². The van der Waals surface area contributed by atoms with Crippen LogP contribution in [0.15, 0.2) is 36.4 Å². The number of carbonyl (C=O) groups is 4. The van der Waals surface area contributed by atoms with Crippen molar-refractivity contribution in [2.75, 3.05) is 22.4 Å². The van der Waals surface area contributed by atoms with Crippen LogP contribution in [0, 0.1) is 0 Å². The van der Waals surface area contributed by atoms with Crippen LogP contribution in [0.1, 0.15) is 44.7 Å². The van der Waals surface area contributed by atoms with E-state index in [0.717, 1.165) is 0 Å². The Hall–Kier alpha value is -2.70. The summed E-state index contributed by atoms with van der Waals surface area (Å²) < 4.78 is 0. The number of anilines is 2. The van der Waals surface area contributed by atoms with Crippen molar-refractivity contribution in [1.82, 2.24) is 0 Å². The molecule has 0 unspecified atom stereocenters. The molecule has 0 aliphatic heterocycles. The molecule has 0 spiro atoms. The summed E-state index contributed by atoms with van der Waals surface area (Å²) in [5, 5.41) is 5.26. The Kier molecular flexibility index (Phi) is 6.11. The quantitative estimate of drug-likeness (QED) is 0.598. The Morgan fingerprint density at radius 3 is 1.46 bits per heavy atom. The zero-order chi connectivity index (χ0) is 20.3. The van der Waals surface area contributed by atoms with Gasteiger partial charge in [0.2, 0.25) is 11.8 Å². The van der Waals surface area contributed by atoms with Gasteiger partial charge in [-0.2, -0.15) is 0 Å². The standard InChI is InChI=1S/C20H16Cl2N2O4/c21-9-7-15(25)23-13-5-6-14(24-16(26)8-10-22)18-17(13)19(27)11-3-1-2-4-12(11)20(18)28/h1-6H,7-10H2,(H,23,25)(H,24,26). The van der Waals surface area contributed by atoms with E-state index >= 15 is 0 Å². The van der Waals surface area contributed by atoms with Crippen molar-refractivity contribution in [3.8, 4) is 0 Å². The van der Waals surface area contributed by atoms with Gasteiger partial charge in [0.05, 0.1) is 22.5 Å². The Morgan fingerprint density at radius 2 is 1.11 bits per heavy atom. The third-order valence-corrected chi connectivity index (χ3v) is 4.65. The van der Waals surface area contributed by atoms with E-state index in [9.17, 15) is 19.2 Å². The van der Waals surface area contributed by atoms with Gasteiger partial charge in [-0.1, -0.05) is 24.3 Å². The molecule has 2 aromatic carbocycles. The van der Waals surface area contributed by atoms with E-state index in [1.807, 2.05) is 0 Å². The number of nitrogens with one attached hydrogen (secondary N) is 2. The number of hydrogen-bond acceptors (Lipinski definition) is 4. The normalized spacial score (nSPS) is 12.2. The Morgan fingerprint density at radius 1 is 0.714 bits per heavy atom. The smallest absolute Gasteiger partial charge is 0.225 e. The van der Waals surface area contributed by atoms with Gasteiger partial charge in [0.1, 0.15) is 0 Å². The molecule has 1 aliphatic rings. The van der Waals surface area contributed by atoms with Crippen LogP contribution in [-0.2, 0) is 9.59 Å². The third-order valence-electron chi connectivity index (χ3n) is 4.27. The molecule has 3 rings (SSSR count). The van der Waals surface area contributed by atoms with Gasteiger partial charge in [0.25, 0.3) is 0 Å². The third kappa shape index (κ3) is 3.79. The number of benzene rings is 2. The number of ketones is 2. The highest BCUT2D eigenvalue weighted by atomic mass is 35.5. The van der Waals surface area contributed by atoms with Gasteiger partial charge in [0, 0.05) is 35.7 Å². The number of alkyl halides is 2. The molecular formula is C20H16Cl2N2O4. The predicted octanol–water partition coefficient (Wildman–Crippen LogP) is 3.60. The summed E-state index contributed by atoms with van der Waals surface area (Å²) in [7, 11) is 0. The van der Waals surface area contributed by atoms with Crippen LogP contribution in [0.25, 0.3) is 0 Å². The van der Waals surface area contributed by atoms with E-state index in [4.69, 9.17) is 23.2 Å². The van der Waals surface area contributed by atoms with Gasteiger partial charge in [0.15, 0.2) is 11.6 Å². The van der Waals surface area contributed by atoms with Gasteiger partial charge in [-0.3, -0.25) is 19.2 Å². The minimum atomic E-state index is -0.403. The molecule has 0 atom stereocenters. The van der Waals surface area contributed by atoms with Crippen molar-refractivity contribution >= 4 is 58.0 Å². The van der Waals surface area contributed by atoms with E-state index in [1.54, 1.807) is 24.3 Å². The van der Waals surface area contributed by atoms with E-state index in [0.29, 0.717) is 0 Å². The lowest BCUT2D eigenvalue weighted by Gasteiger charge is -2.23. The zero-order valence-electron chi connectivity index (χ0n) is 14.7. The summed E-state index contributed by atoms with van der Waals surface area (Å²) in [4.78, 5) is 50.2. The maximum absolute atomic E-state index is 13.1. The van der Waals surface area contributed by atoms with E-state index in [2.05, 4.69) is 10.6 Å². The lowest BCUT2D eigenvalue weighted by Crippen LogP contribution is -2.26. The summed E-state index contributed by atoms with van der Waals surface area (Å²) in [6.45, 7) is 0. The average Bonchev–Trinajstić information content (AvgIpc) is 2.67. The van der Waals surface area contributed by atoms with Gasteiger partial charge in [-0.05, 0) is 12.1 Å². The summed E-state index contributed by atoms with van der Waals surface area (Å²) in [6.07, 6.45) is 0.118. The molecule has 0 radical (unpaired) electrons. The number of carbonyl (C=O) groups excluding carboxylic acids is 4. The van der Waals surface area contributed by atoms with Gasteiger partial charge in [-0.25, -0.2) is 0 Å². The Balaban J connectivity index is 2.15. The van der Waals surface area contributed by atoms with Crippen LogP contribution in [0.5, 0.6) is 0 Å². The fourth-order valence-corrected chi connectivity index (χ4v) is 3.37. The first kappa shape index (κ1) is 20.0. The number of hydrogen-bond donors (Lipinski definition) is 2. The maximum Gasteiger partial charge on any atom is 0.225 e. The van der Waals surface area contributed by atoms with Crippen LogP contribution in [-0.4, -0.2) is 35.1 Å². The number of amides is 2. The molecule has 6 nitrogen and oxygen atoms in total. The predicted molar refractivity (Wildman–Crippen MR) is 108 cm³/mol. The molecule has 0 heterocycles. The van der Waals surface area contributed by atoms with E-state index in [1.165, 1.54) is 12.1 Å². The number of fused-ring (bicyclic) bond motifs is 2. The SMILES string of the molecule is O=C(CCCl)Nc1ccc(NC(=O)CCCl)c2c1C(=O)c1ccccc1C2=O. The highest BCUT2D eigenvalue weighted by molar-refractivity contribution is 6.32. The van der Waals surface area contributed by atoms with Crippen LogP contribution >= 0.6 is 23.2 Å². The molecular weight excluding hydrogens is 403 g/mol. The zero-order valence-corrected chi connectivity index (χ0v) is 16.2. The number of halogens is 2. The van der Waals surface area contributed by atoms with Gasteiger partial charge >= 0.3 is 0 Å². The molecule has 8 heteroatoms. The second-order valence-electron chi connectivity index (χ2n) is 6.09. The van der Waals surface area contributed by atoms with Crippen LogP contribution in [0.4, 0.5) is 11.4 Å². The molecule has 2 amide bonds. The Bertz CT molecular complexity index is 910.